The third-order valence-corrected chi connectivity index (χ3v) is 4.80. The van der Waals surface area contributed by atoms with Gasteiger partial charge in [-0.05, 0) is 43.9 Å². The highest BCUT2D eigenvalue weighted by Gasteiger charge is 2.31. The maximum Gasteiger partial charge on any atom is 0.253 e. The Morgan fingerprint density at radius 2 is 1.91 bits per heavy atom. The fourth-order valence-corrected chi connectivity index (χ4v) is 3.26. The zero-order valence-electron chi connectivity index (χ0n) is 13.5. The van der Waals surface area contributed by atoms with Crippen LogP contribution in [0.3, 0.4) is 0 Å². The van der Waals surface area contributed by atoms with E-state index in [4.69, 9.17) is 0 Å². The molecule has 0 aromatic heterocycles. The number of nitrogens with one attached hydrogen (secondary N) is 1. The molecule has 0 radical (unpaired) electrons. The Balaban J connectivity index is 1.58. The van der Waals surface area contributed by atoms with Crippen LogP contribution in [0.5, 0.6) is 0 Å². The van der Waals surface area contributed by atoms with Crippen molar-refractivity contribution in [2.24, 2.45) is 17.8 Å². The monoisotopic (exact) mass is 306 g/mol. The Bertz CT molecular complexity index is 453. The van der Waals surface area contributed by atoms with Crippen molar-refractivity contribution in [2.45, 2.75) is 46.0 Å². The van der Waals surface area contributed by atoms with Crippen LogP contribution >= 0.6 is 0 Å². The molecule has 1 fully saturated rings. The number of carbonyl (C=O) groups is 3. The second kappa shape index (κ2) is 7.56. The molecule has 0 aromatic rings. The standard InChI is InChI=1S/C17H26N2O3/c1-12(2)13-5-6-14(11-13)17(22)18-9-3-4-10-19-15(20)7-8-16(19)21/h7-8,12-14H,3-6,9-11H2,1-2H3,(H,18,22)/t13-,14?/m1/s1. The summed E-state index contributed by atoms with van der Waals surface area (Å²) >= 11 is 0. The first-order chi connectivity index (χ1) is 10.5. The molecule has 1 saturated carbocycles. The van der Waals surface area contributed by atoms with E-state index in [9.17, 15) is 14.4 Å². The second-order valence-electron chi connectivity index (χ2n) is 6.67. The molecule has 2 rings (SSSR count). The van der Waals surface area contributed by atoms with E-state index in [1.807, 2.05) is 0 Å². The van der Waals surface area contributed by atoms with Gasteiger partial charge in [-0.3, -0.25) is 19.3 Å². The second-order valence-corrected chi connectivity index (χ2v) is 6.67. The third kappa shape index (κ3) is 4.18. The van der Waals surface area contributed by atoms with Crippen molar-refractivity contribution in [2.75, 3.05) is 13.1 Å². The number of rotatable bonds is 7. The van der Waals surface area contributed by atoms with Crippen LogP contribution in [0.25, 0.3) is 0 Å². The molecule has 0 spiro atoms. The Kier molecular flexibility index (Phi) is 5.75. The molecule has 2 atom stereocenters. The highest BCUT2D eigenvalue weighted by Crippen LogP contribution is 2.35. The molecule has 1 aliphatic heterocycles. The molecule has 5 nitrogen and oxygen atoms in total. The zero-order chi connectivity index (χ0) is 16.1. The predicted octanol–water partition coefficient (Wildman–Crippen LogP) is 1.88. The predicted molar refractivity (Wildman–Crippen MR) is 83.8 cm³/mol. The quantitative estimate of drug-likeness (QED) is 0.577. The first-order valence-electron chi connectivity index (χ1n) is 8.30. The van der Waals surface area contributed by atoms with Gasteiger partial charge < -0.3 is 5.32 Å². The van der Waals surface area contributed by atoms with Crippen molar-refractivity contribution < 1.29 is 14.4 Å². The molecule has 1 aliphatic carbocycles. The summed E-state index contributed by atoms with van der Waals surface area (Å²) in [5.74, 6) is 1.19. The lowest BCUT2D eigenvalue weighted by atomic mass is 9.93. The zero-order valence-corrected chi connectivity index (χ0v) is 13.5. The van der Waals surface area contributed by atoms with Crippen molar-refractivity contribution in [3.8, 4) is 0 Å². The molecule has 3 amide bonds. The van der Waals surface area contributed by atoms with Gasteiger partial charge in [0, 0.05) is 31.2 Å². The number of unbranched alkanes of at least 4 members (excludes halogenated alkanes) is 1. The molecule has 2 aliphatic rings. The van der Waals surface area contributed by atoms with Crippen LogP contribution in [0.4, 0.5) is 0 Å². The summed E-state index contributed by atoms with van der Waals surface area (Å²) in [6, 6.07) is 0. The van der Waals surface area contributed by atoms with E-state index in [0.717, 1.165) is 32.1 Å². The van der Waals surface area contributed by atoms with Crippen molar-refractivity contribution in [3.05, 3.63) is 12.2 Å². The van der Waals surface area contributed by atoms with Crippen LogP contribution in [-0.2, 0) is 14.4 Å². The highest BCUT2D eigenvalue weighted by molar-refractivity contribution is 6.12. The molecule has 122 valence electrons. The van der Waals surface area contributed by atoms with E-state index in [0.29, 0.717) is 24.9 Å². The molecule has 22 heavy (non-hydrogen) atoms. The van der Waals surface area contributed by atoms with Crippen molar-refractivity contribution in [1.82, 2.24) is 10.2 Å². The summed E-state index contributed by atoms with van der Waals surface area (Å²) in [5.41, 5.74) is 0. The largest absolute Gasteiger partial charge is 0.356 e. The Hall–Kier alpha value is -1.65. The van der Waals surface area contributed by atoms with E-state index in [1.54, 1.807) is 0 Å². The number of amides is 3. The van der Waals surface area contributed by atoms with Crippen molar-refractivity contribution in [3.63, 3.8) is 0 Å². The lowest BCUT2D eigenvalue weighted by molar-refractivity contribution is -0.137. The summed E-state index contributed by atoms with van der Waals surface area (Å²) in [6.45, 7) is 5.49. The normalized spacial score (nSPS) is 24.6. The molecular formula is C17H26N2O3. The molecule has 1 unspecified atom stereocenters. The summed E-state index contributed by atoms with van der Waals surface area (Å²) < 4.78 is 0. The summed E-state index contributed by atoms with van der Waals surface area (Å²) in [4.78, 5) is 36.1. The maximum absolute atomic E-state index is 12.1. The van der Waals surface area contributed by atoms with E-state index >= 15 is 0 Å². The van der Waals surface area contributed by atoms with Gasteiger partial charge in [0.05, 0.1) is 0 Å². The van der Waals surface area contributed by atoms with E-state index in [-0.39, 0.29) is 23.6 Å². The number of nitrogens with zero attached hydrogens (tertiary/aromatic N) is 1. The number of hydrogen-bond acceptors (Lipinski definition) is 3. The van der Waals surface area contributed by atoms with Crippen molar-refractivity contribution in [1.29, 1.82) is 0 Å². The fraction of sp³-hybridized carbons (Fsp3) is 0.706. The first kappa shape index (κ1) is 16.7. The first-order valence-corrected chi connectivity index (χ1v) is 8.30. The lowest BCUT2D eigenvalue weighted by Crippen LogP contribution is -2.33. The van der Waals surface area contributed by atoms with Crippen LogP contribution in [0.15, 0.2) is 12.2 Å². The van der Waals surface area contributed by atoms with Gasteiger partial charge in [-0.25, -0.2) is 0 Å². The lowest BCUT2D eigenvalue weighted by Gasteiger charge is -2.15. The molecule has 0 aromatic carbocycles. The van der Waals surface area contributed by atoms with Crippen LogP contribution in [0.1, 0.15) is 46.0 Å². The Morgan fingerprint density at radius 1 is 1.23 bits per heavy atom. The van der Waals surface area contributed by atoms with Gasteiger partial charge in [0.2, 0.25) is 5.91 Å². The van der Waals surface area contributed by atoms with Gasteiger partial charge in [-0.15, -0.1) is 0 Å². The molecule has 0 saturated heterocycles. The van der Waals surface area contributed by atoms with Gasteiger partial charge in [0.15, 0.2) is 0 Å². The van der Waals surface area contributed by atoms with Gasteiger partial charge in [0.1, 0.15) is 0 Å². The van der Waals surface area contributed by atoms with Crippen LogP contribution in [-0.4, -0.2) is 35.7 Å². The molecule has 0 bridgehead atoms. The highest BCUT2D eigenvalue weighted by atomic mass is 16.2. The average Bonchev–Trinajstić information content (AvgIpc) is 3.08. The minimum atomic E-state index is -0.236. The van der Waals surface area contributed by atoms with Crippen LogP contribution < -0.4 is 5.32 Å². The smallest absolute Gasteiger partial charge is 0.253 e. The molecule has 1 N–H and O–H groups in total. The van der Waals surface area contributed by atoms with E-state index in [2.05, 4.69) is 19.2 Å². The average molecular weight is 306 g/mol. The van der Waals surface area contributed by atoms with Crippen LogP contribution in [0, 0.1) is 17.8 Å². The SMILES string of the molecule is CC(C)[C@@H]1CCC(C(=O)NCCCCN2C(=O)C=CC2=O)C1. The Labute approximate surface area is 132 Å². The topological polar surface area (TPSA) is 66.5 Å². The van der Waals surface area contributed by atoms with Crippen molar-refractivity contribution >= 4 is 17.7 Å². The number of hydrogen-bond donors (Lipinski definition) is 1. The minimum Gasteiger partial charge on any atom is -0.356 e. The van der Waals surface area contributed by atoms with Crippen LogP contribution in [0.2, 0.25) is 0 Å². The molecular weight excluding hydrogens is 280 g/mol. The fourth-order valence-electron chi connectivity index (χ4n) is 3.26. The maximum atomic E-state index is 12.1. The van der Waals surface area contributed by atoms with Gasteiger partial charge in [-0.2, -0.15) is 0 Å². The Morgan fingerprint density at radius 3 is 2.50 bits per heavy atom. The van der Waals surface area contributed by atoms with Gasteiger partial charge >= 0.3 is 0 Å². The van der Waals surface area contributed by atoms with Gasteiger partial charge in [-0.1, -0.05) is 13.8 Å². The summed E-state index contributed by atoms with van der Waals surface area (Å²) in [6.07, 6.45) is 7.26. The molecule has 5 heteroatoms. The minimum absolute atomic E-state index is 0.165. The third-order valence-electron chi connectivity index (χ3n) is 4.80. The number of imide groups is 1. The van der Waals surface area contributed by atoms with Gasteiger partial charge in [0.25, 0.3) is 11.8 Å². The van der Waals surface area contributed by atoms with E-state index < -0.39 is 0 Å². The number of carbonyl (C=O) groups excluding carboxylic acids is 3. The van der Waals surface area contributed by atoms with E-state index in [1.165, 1.54) is 17.1 Å². The molecule has 1 heterocycles. The summed E-state index contributed by atoms with van der Waals surface area (Å²) in [7, 11) is 0. The summed E-state index contributed by atoms with van der Waals surface area (Å²) in [5, 5.41) is 2.99.